The maximum Gasteiger partial charge on any atom is 0.269 e. The second-order valence-electron chi connectivity index (χ2n) is 7.14. The fourth-order valence-corrected chi connectivity index (χ4v) is 3.50. The summed E-state index contributed by atoms with van der Waals surface area (Å²) >= 11 is 0. The molecule has 120 valence electrons. The van der Waals surface area contributed by atoms with E-state index in [9.17, 15) is 20.0 Å². The van der Waals surface area contributed by atoms with Crippen molar-refractivity contribution in [3.05, 3.63) is 39.9 Å². The number of nitro benzene ring substituents is 1. The van der Waals surface area contributed by atoms with Gasteiger partial charge in [0, 0.05) is 29.6 Å². The highest BCUT2D eigenvalue weighted by atomic mass is 16.6. The minimum absolute atomic E-state index is 0.000368. The summed E-state index contributed by atoms with van der Waals surface area (Å²) in [4.78, 5) is 22.7. The molecule has 0 saturated carbocycles. The van der Waals surface area contributed by atoms with E-state index in [4.69, 9.17) is 0 Å². The van der Waals surface area contributed by atoms with E-state index in [0.717, 1.165) is 0 Å². The van der Waals surface area contributed by atoms with Gasteiger partial charge in [0.05, 0.1) is 16.9 Å². The lowest BCUT2D eigenvalue weighted by Gasteiger charge is -2.48. The number of hydrogen-bond donors (Lipinski definition) is 2. The van der Waals surface area contributed by atoms with Crippen molar-refractivity contribution in [3.8, 4) is 0 Å². The van der Waals surface area contributed by atoms with Gasteiger partial charge in [-0.25, -0.2) is 0 Å². The Kier molecular flexibility index (Phi) is 4.10. The van der Waals surface area contributed by atoms with E-state index in [0.29, 0.717) is 12.0 Å². The number of nitrogens with one attached hydrogen (secondary N) is 1. The minimum Gasteiger partial charge on any atom is -0.388 e. The molecule has 22 heavy (non-hydrogen) atoms. The Morgan fingerprint density at radius 1 is 1.27 bits per heavy atom. The van der Waals surface area contributed by atoms with Crippen LogP contribution in [0.3, 0.4) is 0 Å². The van der Waals surface area contributed by atoms with Gasteiger partial charge in [-0.2, -0.15) is 0 Å². The van der Waals surface area contributed by atoms with Crippen LogP contribution in [0.1, 0.15) is 45.8 Å². The van der Waals surface area contributed by atoms with Gasteiger partial charge in [-0.15, -0.1) is 0 Å². The van der Waals surface area contributed by atoms with Crippen molar-refractivity contribution in [2.45, 2.75) is 51.3 Å². The van der Waals surface area contributed by atoms with Gasteiger partial charge < -0.3 is 10.4 Å². The summed E-state index contributed by atoms with van der Waals surface area (Å²) in [6.45, 7) is 7.71. The normalized spacial score (nSPS) is 24.8. The predicted octanol–water partition coefficient (Wildman–Crippen LogP) is 2.36. The molecular weight excluding hydrogens is 284 g/mol. The molecule has 1 aromatic rings. The summed E-state index contributed by atoms with van der Waals surface area (Å²) in [7, 11) is 0. The predicted molar refractivity (Wildman–Crippen MR) is 82.5 cm³/mol. The van der Waals surface area contributed by atoms with Crippen LogP contribution in [0.15, 0.2) is 24.3 Å². The second kappa shape index (κ2) is 5.44. The van der Waals surface area contributed by atoms with Gasteiger partial charge in [-0.05, 0) is 45.4 Å². The third-order valence-corrected chi connectivity index (χ3v) is 4.16. The molecule has 0 amide bonds. The number of carbonyl (C=O) groups excluding carboxylic acids is 1. The Balaban J connectivity index is 2.29. The standard InChI is InChI=1S/C16H22N2O4/c1-15(2)9-12(19)13(16(3,4)17-15)14(20)10-5-7-11(8-6-10)18(21)22/h5-8,13-14,17,20H,9H2,1-4H3/t13-,14+/m0/s1. The molecule has 0 radical (unpaired) electrons. The van der Waals surface area contributed by atoms with Crippen LogP contribution < -0.4 is 5.32 Å². The molecule has 1 aliphatic heterocycles. The Hall–Kier alpha value is -1.79. The van der Waals surface area contributed by atoms with Crippen LogP contribution in [-0.2, 0) is 4.79 Å². The molecule has 1 heterocycles. The summed E-state index contributed by atoms with van der Waals surface area (Å²) in [5, 5.41) is 24.7. The summed E-state index contributed by atoms with van der Waals surface area (Å²) in [5.41, 5.74) is -0.408. The smallest absolute Gasteiger partial charge is 0.269 e. The van der Waals surface area contributed by atoms with E-state index in [-0.39, 0.29) is 17.0 Å². The van der Waals surface area contributed by atoms with Crippen molar-refractivity contribution in [2.75, 3.05) is 0 Å². The molecular formula is C16H22N2O4. The minimum atomic E-state index is -0.994. The quantitative estimate of drug-likeness (QED) is 0.660. The van der Waals surface area contributed by atoms with E-state index in [2.05, 4.69) is 5.32 Å². The zero-order valence-electron chi connectivity index (χ0n) is 13.3. The number of benzene rings is 1. The topological polar surface area (TPSA) is 92.5 Å². The highest BCUT2D eigenvalue weighted by Gasteiger charge is 2.48. The fourth-order valence-electron chi connectivity index (χ4n) is 3.50. The number of carbonyl (C=O) groups is 1. The maximum atomic E-state index is 12.5. The highest BCUT2D eigenvalue weighted by molar-refractivity contribution is 5.85. The maximum absolute atomic E-state index is 12.5. The monoisotopic (exact) mass is 306 g/mol. The van der Waals surface area contributed by atoms with E-state index < -0.39 is 22.5 Å². The van der Waals surface area contributed by atoms with Crippen molar-refractivity contribution in [1.82, 2.24) is 5.32 Å². The molecule has 2 rings (SSSR count). The average molecular weight is 306 g/mol. The molecule has 1 saturated heterocycles. The first-order chi connectivity index (χ1) is 10.0. The van der Waals surface area contributed by atoms with Crippen LogP contribution >= 0.6 is 0 Å². The van der Waals surface area contributed by atoms with Crippen molar-refractivity contribution in [1.29, 1.82) is 0 Å². The number of aliphatic hydroxyl groups is 1. The van der Waals surface area contributed by atoms with Gasteiger partial charge in [-0.1, -0.05) is 0 Å². The Morgan fingerprint density at radius 3 is 2.27 bits per heavy atom. The van der Waals surface area contributed by atoms with Crippen molar-refractivity contribution < 1.29 is 14.8 Å². The van der Waals surface area contributed by atoms with Gasteiger partial charge in [0.1, 0.15) is 5.78 Å². The number of ketones is 1. The third-order valence-electron chi connectivity index (χ3n) is 4.16. The lowest BCUT2D eigenvalue weighted by molar-refractivity contribution is -0.384. The zero-order valence-corrected chi connectivity index (χ0v) is 13.3. The van der Waals surface area contributed by atoms with Crippen molar-refractivity contribution >= 4 is 11.5 Å². The number of rotatable bonds is 3. The first kappa shape index (κ1) is 16.6. The zero-order chi connectivity index (χ0) is 16.7. The van der Waals surface area contributed by atoms with E-state index in [1.807, 2.05) is 27.7 Å². The van der Waals surface area contributed by atoms with Gasteiger partial charge >= 0.3 is 0 Å². The summed E-state index contributed by atoms with van der Waals surface area (Å²) in [5.74, 6) is -0.596. The fraction of sp³-hybridized carbons (Fsp3) is 0.562. The SMILES string of the molecule is CC1(C)CC(=O)[C@@H]([C@H](O)c2ccc([N+](=O)[O-])cc2)C(C)(C)N1. The van der Waals surface area contributed by atoms with Gasteiger partial charge in [-0.3, -0.25) is 14.9 Å². The largest absolute Gasteiger partial charge is 0.388 e. The number of piperidine rings is 1. The van der Waals surface area contributed by atoms with E-state index in [1.165, 1.54) is 24.3 Å². The second-order valence-corrected chi connectivity index (χ2v) is 7.14. The number of Topliss-reactive ketones (excluding diaryl/α,β-unsaturated/α-hetero) is 1. The molecule has 6 heteroatoms. The lowest BCUT2D eigenvalue weighted by Crippen LogP contribution is -2.64. The molecule has 0 spiro atoms. The number of nitrogens with zero attached hydrogens (tertiary/aromatic N) is 1. The Morgan fingerprint density at radius 2 is 1.82 bits per heavy atom. The first-order valence-electron chi connectivity index (χ1n) is 7.28. The van der Waals surface area contributed by atoms with Gasteiger partial charge in [0.2, 0.25) is 0 Å². The number of hydrogen-bond acceptors (Lipinski definition) is 5. The Labute approximate surface area is 129 Å². The van der Waals surface area contributed by atoms with E-state index in [1.54, 1.807) is 0 Å². The number of nitro groups is 1. The average Bonchev–Trinajstić information content (AvgIpc) is 2.35. The molecule has 2 N–H and O–H groups in total. The van der Waals surface area contributed by atoms with Crippen LogP contribution in [0.2, 0.25) is 0 Å². The van der Waals surface area contributed by atoms with Crippen molar-refractivity contribution in [3.63, 3.8) is 0 Å². The molecule has 0 unspecified atom stereocenters. The van der Waals surface area contributed by atoms with Crippen LogP contribution in [-0.4, -0.2) is 26.9 Å². The van der Waals surface area contributed by atoms with Crippen LogP contribution in [0.5, 0.6) is 0 Å². The molecule has 1 aromatic carbocycles. The molecule has 0 aliphatic carbocycles. The summed E-state index contributed by atoms with van der Waals surface area (Å²) in [6.07, 6.45) is -0.655. The molecule has 2 atom stereocenters. The van der Waals surface area contributed by atoms with E-state index >= 15 is 0 Å². The van der Waals surface area contributed by atoms with Crippen LogP contribution in [0.4, 0.5) is 5.69 Å². The summed E-state index contributed by atoms with van der Waals surface area (Å²) < 4.78 is 0. The molecule has 0 aromatic heterocycles. The van der Waals surface area contributed by atoms with Gasteiger partial charge in [0.15, 0.2) is 0 Å². The first-order valence-corrected chi connectivity index (χ1v) is 7.28. The number of non-ortho nitro benzene ring substituents is 1. The molecule has 6 nitrogen and oxygen atoms in total. The highest BCUT2D eigenvalue weighted by Crippen LogP contribution is 2.38. The Bertz CT molecular complexity index is 593. The molecule has 0 bridgehead atoms. The lowest BCUT2D eigenvalue weighted by atomic mass is 9.70. The van der Waals surface area contributed by atoms with Crippen molar-refractivity contribution in [2.24, 2.45) is 5.92 Å². The molecule has 1 aliphatic rings. The molecule has 1 fully saturated rings. The van der Waals surface area contributed by atoms with Gasteiger partial charge in [0.25, 0.3) is 5.69 Å². The third kappa shape index (κ3) is 3.18. The summed E-state index contributed by atoms with van der Waals surface area (Å²) in [6, 6.07) is 5.70. The van der Waals surface area contributed by atoms with Crippen LogP contribution in [0, 0.1) is 16.0 Å². The van der Waals surface area contributed by atoms with Crippen LogP contribution in [0.25, 0.3) is 0 Å². The number of aliphatic hydroxyl groups excluding tert-OH is 1.